The van der Waals surface area contributed by atoms with Crippen molar-refractivity contribution >= 4 is 11.9 Å². The van der Waals surface area contributed by atoms with Gasteiger partial charge in [-0.1, -0.05) is 311 Å². The third kappa shape index (κ3) is 59.8. The predicted octanol–water partition coefficient (Wildman–Crippen LogP) is 21.1. The van der Waals surface area contributed by atoms with Crippen molar-refractivity contribution in [2.24, 2.45) is 0 Å². The van der Waals surface area contributed by atoms with Gasteiger partial charge in [0.15, 0.2) is 6.10 Å². The van der Waals surface area contributed by atoms with E-state index in [0.717, 1.165) is 70.6 Å². The average molecular weight is 992 g/mol. The predicted molar refractivity (Wildman–Crippen MR) is 311 cm³/mol. The maximum absolute atomic E-state index is 12.3. The van der Waals surface area contributed by atoms with Crippen LogP contribution in [-0.2, 0) is 19.1 Å². The van der Waals surface area contributed by atoms with E-state index in [0.29, 0.717) is 12.8 Å². The van der Waals surface area contributed by atoms with Gasteiger partial charge in [-0.05, 0) is 64.2 Å². The zero-order valence-electron chi connectivity index (χ0n) is 47.2. The van der Waals surface area contributed by atoms with Crippen LogP contribution >= 0.6 is 0 Å². The summed E-state index contributed by atoms with van der Waals surface area (Å²) in [6.07, 6.45) is 84.8. The third-order valence-electron chi connectivity index (χ3n) is 13.8. The minimum absolute atomic E-state index is 0.0609. The molecule has 0 aliphatic heterocycles. The highest BCUT2D eigenvalue weighted by atomic mass is 16.6. The molecule has 1 atom stereocenters. The van der Waals surface area contributed by atoms with E-state index < -0.39 is 6.10 Å². The SMILES string of the molecule is CC/C=C\C/C=C\C/C=C\C/C=C\C/C=C\C/C=C\CCCCCCCCCCCCCCCCCCCCCCC(=O)OC(CO)COC(=O)CCCCCCCCCCCCCCCCCCCC. The van der Waals surface area contributed by atoms with Gasteiger partial charge in [-0.2, -0.15) is 0 Å². The van der Waals surface area contributed by atoms with Crippen LogP contribution in [0.1, 0.15) is 316 Å². The molecule has 1 N–H and O–H groups in total. The molecule has 0 aromatic carbocycles. The van der Waals surface area contributed by atoms with Crippen molar-refractivity contribution in [3.05, 3.63) is 72.9 Å². The summed E-state index contributed by atoms with van der Waals surface area (Å²) in [6.45, 7) is 4.07. The third-order valence-corrected chi connectivity index (χ3v) is 13.8. The molecule has 71 heavy (non-hydrogen) atoms. The number of carbonyl (C=O) groups is 2. The minimum Gasteiger partial charge on any atom is -0.462 e. The second kappa shape index (κ2) is 61.6. The lowest BCUT2D eigenvalue weighted by molar-refractivity contribution is -0.161. The number of esters is 2. The first kappa shape index (κ1) is 68.3. The van der Waals surface area contributed by atoms with Crippen LogP contribution in [0.15, 0.2) is 72.9 Å². The Morgan fingerprint density at radius 2 is 0.606 bits per heavy atom. The molecule has 5 heteroatoms. The van der Waals surface area contributed by atoms with E-state index in [1.54, 1.807) is 0 Å². The van der Waals surface area contributed by atoms with Crippen molar-refractivity contribution in [3.8, 4) is 0 Å². The lowest BCUT2D eigenvalue weighted by atomic mass is 10.0. The van der Waals surface area contributed by atoms with Crippen LogP contribution in [0.3, 0.4) is 0 Å². The Bertz CT molecular complexity index is 1260. The van der Waals surface area contributed by atoms with Crippen LogP contribution in [-0.4, -0.2) is 36.4 Å². The van der Waals surface area contributed by atoms with Gasteiger partial charge in [-0.15, -0.1) is 0 Å². The van der Waals surface area contributed by atoms with E-state index in [9.17, 15) is 14.7 Å². The van der Waals surface area contributed by atoms with Gasteiger partial charge >= 0.3 is 11.9 Å². The highest BCUT2D eigenvalue weighted by Gasteiger charge is 2.16. The van der Waals surface area contributed by atoms with Gasteiger partial charge in [-0.25, -0.2) is 0 Å². The van der Waals surface area contributed by atoms with Gasteiger partial charge in [0.2, 0.25) is 0 Å². The Kier molecular flexibility index (Phi) is 59.3. The zero-order chi connectivity index (χ0) is 51.3. The van der Waals surface area contributed by atoms with Crippen molar-refractivity contribution in [2.75, 3.05) is 13.2 Å². The summed E-state index contributed by atoms with van der Waals surface area (Å²) in [6, 6.07) is 0. The second-order valence-electron chi connectivity index (χ2n) is 20.8. The van der Waals surface area contributed by atoms with Gasteiger partial charge in [0.05, 0.1) is 6.61 Å². The molecule has 412 valence electrons. The minimum atomic E-state index is -0.770. The van der Waals surface area contributed by atoms with Crippen LogP contribution in [0.4, 0.5) is 0 Å². The van der Waals surface area contributed by atoms with Crippen molar-refractivity contribution in [1.29, 1.82) is 0 Å². The second-order valence-corrected chi connectivity index (χ2v) is 20.8. The van der Waals surface area contributed by atoms with Gasteiger partial charge in [0.25, 0.3) is 0 Å². The van der Waals surface area contributed by atoms with Crippen molar-refractivity contribution in [2.45, 2.75) is 322 Å². The molecular formula is C66H118O5. The highest BCUT2D eigenvalue weighted by Crippen LogP contribution is 2.18. The summed E-state index contributed by atoms with van der Waals surface area (Å²) in [4.78, 5) is 24.5. The zero-order valence-corrected chi connectivity index (χ0v) is 47.2. The molecule has 0 heterocycles. The number of carbonyl (C=O) groups excluding carboxylic acids is 2. The quantitative estimate of drug-likeness (QED) is 0.0373. The monoisotopic (exact) mass is 991 g/mol. The summed E-state index contributed by atoms with van der Waals surface area (Å²) in [5.41, 5.74) is 0. The Hall–Kier alpha value is -2.66. The van der Waals surface area contributed by atoms with Crippen molar-refractivity contribution in [3.63, 3.8) is 0 Å². The molecule has 0 saturated heterocycles. The molecule has 0 aromatic heterocycles. The fourth-order valence-corrected chi connectivity index (χ4v) is 9.15. The van der Waals surface area contributed by atoms with E-state index in [4.69, 9.17) is 9.47 Å². The molecule has 0 amide bonds. The van der Waals surface area contributed by atoms with Gasteiger partial charge < -0.3 is 14.6 Å². The molecule has 0 radical (unpaired) electrons. The number of hydrogen-bond donors (Lipinski definition) is 1. The number of aliphatic hydroxyl groups is 1. The number of aliphatic hydroxyl groups excluding tert-OH is 1. The van der Waals surface area contributed by atoms with Crippen LogP contribution < -0.4 is 0 Å². The summed E-state index contributed by atoms with van der Waals surface area (Å²) in [5.74, 6) is -0.573. The number of rotatable bonds is 57. The lowest BCUT2D eigenvalue weighted by Gasteiger charge is -2.15. The standard InChI is InChI=1S/C66H118O5/c1-3-5-7-9-11-13-15-17-19-21-23-24-25-26-27-28-29-30-31-32-33-34-35-36-37-38-39-40-41-42-43-45-47-49-51-53-55-57-59-61-66(69)71-64(62-67)63-70-65(68)60-58-56-54-52-50-48-46-44-22-20-18-16-14-12-10-8-6-4-2/h5,7,11,13,17,19,23-24,26-27,29-30,64,67H,3-4,6,8-10,12,14-16,18,20-22,25,28,31-63H2,1-2H3/b7-5-,13-11-,19-17-,24-23-,27-26-,30-29-. The molecule has 0 saturated carbocycles. The van der Waals surface area contributed by atoms with E-state index in [1.165, 1.54) is 218 Å². The van der Waals surface area contributed by atoms with Crippen LogP contribution in [0.5, 0.6) is 0 Å². The average Bonchev–Trinajstić information content (AvgIpc) is 3.37. The maximum atomic E-state index is 12.3. The number of ether oxygens (including phenoxy) is 2. The Labute approximate surface area is 442 Å². The Morgan fingerprint density at radius 3 is 0.915 bits per heavy atom. The first-order valence-corrected chi connectivity index (χ1v) is 31.0. The van der Waals surface area contributed by atoms with Crippen molar-refractivity contribution in [1.82, 2.24) is 0 Å². The summed E-state index contributed by atoms with van der Waals surface area (Å²) in [5, 5.41) is 9.66. The van der Waals surface area contributed by atoms with Crippen molar-refractivity contribution < 1.29 is 24.2 Å². The summed E-state index contributed by atoms with van der Waals surface area (Å²) in [7, 11) is 0. The Balaban J connectivity index is 3.42. The van der Waals surface area contributed by atoms with E-state index in [2.05, 4.69) is 86.8 Å². The highest BCUT2D eigenvalue weighted by molar-refractivity contribution is 5.70. The molecule has 0 aliphatic carbocycles. The molecule has 0 fully saturated rings. The van der Waals surface area contributed by atoms with Crippen LogP contribution in [0.2, 0.25) is 0 Å². The topological polar surface area (TPSA) is 72.8 Å². The van der Waals surface area contributed by atoms with Crippen LogP contribution in [0, 0.1) is 0 Å². The molecule has 0 rings (SSSR count). The first-order valence-electron chi connectivity index (χ1n) is 31.0. The maximum Gasteiger partial charge on any atom is 0.306 e. The molecule has 0 aliphatic rings. The molecule has 5 nitrogen and oxygen atoms in total. The largest absolute Gasteiger partial charge is 0.462 e. The number of allylic oxidation sites excluding steroid dienone is 12. The first-order chi connectivity index (χ1) is 35.1. The fourth-order valence-electron chi connectivity index (χ4n) is 9.15. The molecular weight excluding hydrogens is 873 g/mol. The normalized spacial score (nSPS) is 12.7. The molecule has 1 unspecified atom stereocenters. The lowest BCUT2D eigenvalue weighted by Crippen LogP contribution is -2.28. The van der Waals surface area contributed by atoms with E-state index in [-0.39, 0.29) is 25.2 Å². The summed E-state index contributed by atoms with van der Waals surface area (Å²) >= 11 is 0. The fraction of sp³-hybridized carbons (Fsp3) is 0.788. The molecule has 0 spiro atoms. The van der Waals surface area contributed by atoms with Gasteiger partial charge in [0.1, 0.15) is 6.61 Å². The number of hydrogen-bond acceptors (Lipinski definition) is 5. The summed E-state index contributed by atoms with van der Waals surface area (Å²) < 4.78 is 10.7. The van der Waals surface area contributed by atoms with Gasteiger partial charge in [0, 0.05) is 12.8 Å². The smallest absolute Gasteiger partial charge is 0.306 e. The molecule has 0 aromatic rings. The van der Waals surface area contributed by atoms with E-state index >= 15 is 0 Å². The molecule has 0 bridgehead atoms. The van der Waals surface area contributed by atoms with Crippen LogP contribution in [0.25, 0.3) is 0 Å². The Morgan fingerprint density at radius 1 is 0.338 bits per heavy atom. The number of unbranched alkanes of at least 4 members (excludes halogenated alkanes) is 37. The van der Waals surface area contributed by atoms with Gasteiger partial charge in [-0.3, -0.25) is 9.59 Å². The van der Waals surface area contributed by atoms with E-state index in [1.807, 2.05) is 0 Å².